The van der Waals surface area contributed by atoms with Crippen molar-refractivity contribution >= 4 is 6.09 Å². The van der Waals surface area contributed by atoms with Gasteiger partial charge in [0.1, 0.15) is 5.60 Å². The number of nitrogens with one attached hydrogen (secondary N) is 1. The second-order valence-electron chi connectivity index (χ2n) is 8.19. The number of unbranched alkanes of at least 4 members (excludes halogenated alkanes) is 10. The molecule has 0 saturated heterocycles. The fourth-order valence-corrected chi connectivity index (χ4v) is 2.73. The van der Waals surface area contributed by atoms with Crippen molar-refractivity contribution in [2.45, 2.75) is 104 Å². The number of carbonyl (C=O) groups excluding carboxylic acids is 1. The summed E-state index contributed by atoms with van der Waals surface area (Å²) in [7, 11) is 0. The number of ether oxygens (including phenoxy) is 3. The number of alkyl carbamates (subject to hydrolysis) is 1. The molecule has 5 nitrogen and oxygen atoms in total. The zero-order valence-electron chi connectivity index (χ0n) is 18.4. The normalized spacial score (nSPS) is 11.6. The van der Waals surface area contributed by atoms with Gasteiger partial charge in [0.2, 0.25) is 0 Å². The maximum Gasteiger partial charge on any atom is 0.407 e. The Hall–Kier alpha value is -0.810. The second-order valence-corrected chi connectivity index (χ2v) is 8.19. The molecule has 0 spiro atoms. The lowest BCUT2D eigenvalue weighted by Gasteiger charge is -2.19. The summed E-state index contributed by atoms with van der Waals surface area (Å²) in [6.45, 7) is 10.7. The van der Waals surface area contributed by atoms with Crippen LogP contribution >= 0.6 is 0 Å². The van der Waals surface area contributed by atoms with Crippen LogP contribution in [0.1, 0.15) is 98.3 Å². The van der Waals surface area contributed by atoms with Crippen LogP contribution in [0.3, 0.4) is 0 Å². The Kier molecular flexibility index (Phi) is 18.0. The molecule has 0 rings (SSSR count). The van der Waals surface area contributed by atoms with Crippen LogP contribution in [0.4, 0.5) is 4.79 Å². The quantitative estimate of drug-likeness (QED) is 0.299. The third kappa shape index (κ3) is 23.2. The molecular weight excluding hydrogens is 342 g/mol. The Morgan fingerprint density at radius 1 is 0.704 bits per heavy atom. The third-order valence-electron chi connectivity index (χ3n) is 4.18. The number of amides is 1. The highest BCUT2D eigenvalue weighted by atomic mass is 16.6. The molecule has 27 heavy (non-hydrogen) atoms. The van der Waals surface area contributed by atoms with E-state index in [0.717, 1.165) is 13.0 Å². The number of rotatable bonds is 18. The number of hydrogen-bond donors (Lipinski definition) is 1. The monoisotopic (exact) mass is 387 g/mol. The first kappa shape index (κ1) is 26.2. The van der Waals surface area contributed by atoms with Crippen molar-refractivity contribution in [1.82, 2.24) is 5.32 Å². The molecular formula is C22H45NO4. The minimum absolute atomic E-state index is 0.404. The molecule has 1 amide bonds. The molecule has 0 aromatic heterocycles. The smallest absolute Gasteiger partial charge is 0.407 e. The highest BCUT2D eigenvalue weighted by Gasteiger charge is 2.15. The van der Waals surface area contributed by atoms with Gasteiger partial charge in [-0.2, -0.15) is 0 Å². The van der Waals surface area contributed by atoms with Gasteiger partial charge in [0.15, 0.2) is 0 Å². The molecule has 5 heteroatoms. The van der Waals surface area contributed by atoms with E-state index in [1.165, 1.54) is 64.2 Å². The molecule has 0 heterocycles. The summed E-state index contributed by atoms with van der Waals surface area (Å²) in [6.07, 6.45) is 14.4. The minimum Gasteiger partial charge on any atom is -0.444 e. The fourth-order valence-electron chi connectivity index (χ4n) is 2.73. The van der Waals surface area contributed by atoms with E-state index in [1.54, 1.807) is 0 Å². The van der Waals surface area contributed by atoms with Crippen LogP contribution in [0, 0.1) is 0 Å². The van der Waals surface area contributed by atoms with Gasteiger partial charge in [0, 0.05) is 13.2 Å². The summed E-state index contributed by atoms with van der Waals surface area (Å²) >= 11 is 0. The van der Waals surface area contributed by atoms with E-state index in [2.05, 4.69) is 12.2 Å². The first-order valence-corrected chi connectivity index (χ1v) is 11.1. The highest BCUT2D eigenvalue weighted by molar-refractivity contribution is 5.67. The molecule has 0 bridgehead atoms. The predicted octanol–water partition coefficient (Wildman–Crippen LogP) is 5.86. The zero-order chi connectivity index (χ0) is 20.2. The van der Waals surface area contributed by atoms with Crippen LogP contribution < -0.4 is 5.32 Å². The van der Waals surface area contributed by atoms with E-state index in [1.807, 2.05) is 20.8 Å². The van der Waals surface area contributed by atoms with E-state index in [0.29, 0.717) is 26.4 Å². The van der Waals surface area contributed by atoms with Crippen LogP contribution in [-0.4, -0.2) is 44.7 Å². The van der Waals surface area contributed by atoms with E-state index in [9.17, 15) is 4.79 Å². The maximum atomic E-state index is 11.4. The summed E-state index contributed by atoms with van der Waals surface area (Å²) in [5.41, 5.74) is -0.465. The first-order valence-electron chi connectivity index (χ1n) is 11.1. The molecule has 0 aliphatic carbocycles. The fraction of sp³-hybridized carbons (Fsp3) is 0.955. The lowest BCUT2D eigenvalue weighted by molar-refractivity contribution is 0.0390. The first-order chi connectivity index (χ1) is 13.0. The molecule has 0 atom stereocenters. The average Bonchev–Trinajstić information content (AvgIpc) is 2.59. The van der Waals surface area contributed by atoms with Crippen LogP contribution in [0.25, 0.3) is 0 Å². The Bertz CT molecular complexity index is 329. The largest absolute Gasteiger partial charge is 0.444 e. The van der Waals surface area contributed by atoms with Crippen molar-refractivity contribution in [2.75, 3.05) is 33.0 Å². The minimum atomic E-state index is -0.465. The van der Waals surface area contributed by atoms with Gasteiger partial charge in [-0.25, -0.2) is 4.79 Å². The third-order valence-corrected chi connectivity index (χ3v) is 4.18. The van der Waals surface area contributed by atoms with E-state index >= 15 is 0 Å². The van der Waals surface area contributed by atoms with Crippen molar-refractivity contribution in [1.29, 1.82) is 0 Å². The SMILES string of the molecule is CCCCCCCCCCCCCOCCOCCNC(=O)OC(C)(C)C. The number of hydrogen-bond acceptors (Lipinski definition) is 4. The molecule has 0 unspecified atom stereocenters. The van der Waals surface area contributed by atoms with Crippen LogP contribution in [0.15, 0.2) is 0 Å². The van der Waals surface area contributed by atoms with Gasteiger partial charge in [-0.15, -0.1) is 0 Å². The van der Waals surface area contributed by atoms with Gasteiger partial charge in [0.25, 0.3) is 0 Å². The standard InChI is InChI=1S/C22H45NO4/c1-5-6-7-8-9-10-11-12-13-14-15-17-25-19-20-26-18-16-23-21(24)27-22(2,3)4/h5-20H2,1-4H3,(H,23,24). The summed E-state index contributed by atoms with van der Waals surface area (Å²) in [4.78, 5) is 11.4. The van der Waals surface area contributed by atoms with Crippen molar-refractivity contribution in [3.05, 3.63) is 0 Å². The molecule has 162 valence electrons. The predicted molar refractivity (Wildman–Crippen MR) is 112 cm³/mol. The summed E-state index contributed by atoms with van der Waals surface area (Å²) in [5.74, 6) is 0. The summed E-state index contributed by atoms with van der Waals surface area (Å²) in [5, 5.41) is 2.66. The van der Waals surface area contributed by atoms with Crippen molar-refractivity contribution in [3.63, 3.8) is 0 Å². The molecule has 0 aliphatic heterocycles. The Labute approximate surface area is 167 Å². The molecule has 0 aromatic rings. The molecule has 0 fully saturated rings. The summed E-state index contributed by atoms with van der Waals surface area (Å²) < 4.78 is 16.1. The highest BCUT2D eigenvalue weighted by Crippen LogP contribution is 2.11. The van der Waals surface area contributed by atoms with E-state index < -0.39 is 11.7 Å². The van der Waals surface area contributed by atoms with Gasteiger partial charge in [-0.3, -0.25) is 0 Å². The van der Waals surface area contributed by atoms with Gasteiger partial charge in [0.05, 0.1) is 19.8 Å². The topological polar surface area (TPSA) is 56.8 Å². The summed E-state index contributed by atoms with van der Waals surface area (Å²) in [6, 6.07) is 0. The lowest BCUT2D eigenvalue weighted by atomic mass is 10.1. The Morgan fingerprint density at radius 3 is 1.70 bits per heavy atom. The van der Waals surface area contributed by atoms with Crippen molar-refractivity contribution in [3.8, 4) is 0 Å². The Balaban J connectivity index is 3.12. The van der Waals surface area contributed by atoms with Crippen LogP contribution in [-0.2, 0) is 14.2 Å². The zero-order valence-corrected chi connectivity index (χ0v) is 18.4. The lowest BCUT2D eigenvalue weighted by Crippen LogP contribution is -2.34. The maximum absolute atomic E-state index is 11.4. The van der Waals surface area contributed by atoms with Crippen LogP contribution in [0.5, 0.6) is 0 Å². The van der Waals surface area contributed by atoms with Crippen LogP contribution in [0.2, 0.25) is 0 Å². The van der Waals surface area contributed by atoms with Crippen molar-refractivity contribution in [2.24, 2.45) is 0 Å². The number of carbonyl (C=O) groups is 1. The molecule has 0 aromatic carbocycles. The molecule has 1 N–H and O–H groups in total. The van der Waals surface area contributed by atoms with E-state index in [-0.39, 0.29) is 0 Å². The van der Waals surface area contributed by atoms with Gasteiger partial charge in [-0.05, 0) is 27.2 Å². The van der Waals surface area contributed by atoms with Gasteiger partial charge >= 0.3 is 6.09 Å². The second kappa shape index (κ2) is 18.5. The van der Waals surface area contributed by atoms with E-state index in [4.69, 9.17) is 14.2 Å². The molecule has 0 saturated carbocycles. The van der Waals surface area contributed by atoms with Gasteiger partial charge in [-0.1, -0.05) is 71.1 Å². The Morgan fingerprint density at radius 2 is 1.19 bits per heavy atom. The van der Waals surface area contributed by atoms with Gasteiger partial charge < -0.3 is 19.5 Å². The average molecular weight is 388 g/mol. The molecule has 0 radical (unpaired) electrons. The molecule has 0 aliphatic rings. The van der Waals surface area contributed by atoms with Crippen molar-refractivity contribution < 1.29 is 19.0 Å².